The molecule has 3 atom stereocenters. The van der Waals surface area contributed by atoms with Gasteiger partial charge >= 0.3 is 5.69 Å². The average Bonchev–Trinajstić information content (AvgIpc) is 2.76. The number of aliphatic hydroxyl groups excluding tert-OH is 1. The molecule has 3 N–H and O–H groups in total. The van der Waals surface area contributed by atoms with E-state index in [1.807, 2.05) is 0 Å². The number of hydrogen-bond donors (Lipinski definition) is 2. The molecule has 8 heteroatoms. The minimum absolute atomic E-state index is 0.0910. The summed E-state index contributed by atoms with van der Waals surface area (Å²) in [6, 6.07) is 1.54. The second-order valence-electron chi connectivity index (χ2n) is 7.55. The van der Waals surface area contributed by atoms with Crippen LogP contribution in [0.15, 0.2) is 17.1 Å². The number of nitrogens with zero attached hydrogens (tertiary/aromatic N) is 2. The molecular weight excluding hydrogens is 314 g/mol. The standard InChI is InChI=1S/C15H27N3O4Si/c1-15(2,3)23(4,5)21-9-11-10(19)8-13(22-11)18-7-6-12(16)17-14(18)20/h6-7,10-11,13,19H,8-9H2,1-5H3,(H2,16,17,20). The van der Waals surface area contributed by atoms with Crippen LogP contribution in [0.25, 0.3) is 0 Å². The van der Waals surface area contributed by atoms with E-state index in [4.69, 9.17) is 14.9 Å². The van der Waals surface area contributed by atoms with Gasteiger partial charge in [0.1, 0.15) is 18.1 Å². The third kappa shape index (κ3) is 4.00. The van der Waals surface area contributed by atoms with Gasteiger partial charge < -0.3 is 20.0 Å². The summed E-state index contributed by atoms with van der Waals surface area (Å²) in [7, 11) is -1.91. The summed E-state index contributed by atoms with van der Waals surface area (Å²) in [5.41, 5.74) is 5.01. The van der Waals surface area contributed by atoms with Gasteiger partial charge in [-0.3, -0.25) is 4.57 Å². The van der Waals surface area contributed by atoms with Gasteiger partial charge in [0.2, 0.25) is 0 Å². The van der Waals surface area contributed by atoms with E-state index in [1.54, 1.807) is 6.20 Å². The Kier molecular flexibility index (Phi) is 5.00. The van der Waals surface area contributed by atoms with Crippen molar-refractivity contribution in [1.82, 2.24) is 9.55 Å². The summed E-state index contributed by atoms with van der Waals surface area (Å²) in [6.07, 6.45) is 0.210. The number of anilines is 1. The van der Waals surface area contributed by atoms with Crippen molar-refractivity contribution < 1.29 is 14.3 Å². The second kappa shape index (κ2) is 6.35. The van der Waals surface area contributed by atoms with Crippen LogP contribution in [-0.4, -0.2) is 41.8 Å². The van der Waals surface area contributed by atoms with E-state index < -0.39 is 32.4 Å². The Hall–Kier alpha value is -1.22. The molecule has 2 heterocycles. The zero-order valence-electron chi connectivity index (χ0n) is 14.4. The molecule has 1 saturated heterocycles. The fraction of sp³-hybridized carbons (Fsp3) is 0.733. The molecule has 0 aromatic carbocycles. The van der Waals surface area contributed by atoms with Crippen LogP contribution in [0.2, 0.25) is 18.1 Å². The number of aromatic nitrogens is 2. The van der Waals surface area contributed by atoms with Crippen LogP contribution >= 0.6 is 0 Å². The summed E-state index contributed by atoms with van der Waals surface area (Å²) in [5.74, 6) is 0.169. The minimum atomic E-state index is -1.91. The molecule has 0 aliphatic carbocycles. The second-order valence-corrected chi connectivity index (χ2v) is 12.4. The maximum absolute atomic E-state index is 11.9. The molecule has 1 aromatic heterocycles. The molecule has 0 spiro atoms. The number of rotatable bonds is 4. The third-order valence-electron chi connectivity index (χ3n) is 4.78. The van der Waals surface area contributed by atoms with Crippen LogP contribution in [0.3, 0.4) is 0 Å². The van der Waals surface area contributed by atoms with Crippen molar-refractivity contribution in [2.45, 2.75) is 63.8 Å². The Morgan fingerprint density at radius 2 is 2.17 bits per heavy atom. The van der Waals surface area contributed by atoms with Gasteiger partial charge in [0.05, 0.1) is 12.7 Å². The molecule has 0 radical (unpaired) electrons. The quantitative estimate of drug-likeness (QED) is 0.805. The zero-order chi connectivity index (χ0) is 17.4. The Morgan fingerprint density at radius 1 is 1.52 bits per heavy atom. The molecule has 0 saturated carbocycles. The SMILES string of the molecule is CC(C)(C)[Si](C)(C)OCC1OC(n2ccc(N)nc2=O)CC1O. The maximum Gasteiger partial charge on any atom is 0.351 e. The molecule has 1 aromatic rings. The van der Waals surface area contributed by atoms with Crippen molar-refractivity contribution in [2.75, 3.05) is 12.3 Å². The van der Waals surface area contributed by atoms with Gasteiger partial charge in [0.15, 0.2) is 8.32 Å². The van der Waals surface area contributed by atoms with E-state index >= 15 is 0 Å². The van der Waals surface area contributed by atoms with Gasteiger partial charge in [-0.15, -0.1) is 0 Å². The van der Waals surface area contributed by atoms with Crippen LogP contribution < -0.4 is 11.4 Å². The molecule has 2 rings (SSSR count). The highest BCUT2D eigenvalue weighted by Gasteiger charge is 2.41. The summed E-state index contributed by atoms with van der Waals surface area (Å²) in [6.45, 7) is 11.1. The molecule has 1 aliphatic rings. The fourth-order valence-corrected chi connectivity index (χ4v) is 3.20. The van der Waals surface area contributed by atoms with Gasteiger partial charge in [-0.25, -0.2) is 4.79 Å². The molecule has 0 amide bonds. The molecular formula is C15H27N3O4Si. The van der Waals surface area contributed by atoms with Crippen LogP contribution in [-0.2, 0) is 9.16 Å². The van der Waals surface area contributed by atoms with Crippen LogP contribution in [0.4, 0.5) is 5.82 Å². The molecule has 0 bridgehead atoms. The smallest absolute Gasteiger partial charge is 0.351 e. The number of aliphatic hydroxyl groups is 1. The van der Waals surface area contributed by atoms with E-state index in [-0.39, 0.29) is 10.9 Å². The number of hydrogen-bond acceptors (Lipinski definition) is 6. The lowest BCUT2D eigenvalue weighted by Crippen LogP contribution is -2.43. The molecule has 23 heavy (non-hydrogen) atoms. The van der Waals surface area contributed by atoms with Crippen LogP contribution in [0.1, 0.15) is 33.4 Å². The van der Waals surface area contributed by atoms with Crippen molar-refractivity contribution in [3.05, 3.63) is 22.7 Å². The first-order valence-corrected chi connectivity index (χ1v) is 10.7. The lowest BCUT2D eigenvalue weighted by Gasteiger charge is -2.37. The number of ether oxygens (including phenoxy) is 1. The number of nitrogen functional groups attached to an aromatic ring is 1. The maximum atomic E-state index is 11.9. The molecule has 7 nitrogen and oxygen atoms in total. The average molecular weight is 341 g/mol. The Labute approximate surface area is 137 Å². The van der Waals surface area contributed by atoms with Gasteiger partial charge in [-0.1, -0.05) is 20.8 Å². The normalized spacial score (nSPS) is 25.7. The van der Waals surface area contributed by atoms with E-state index in [9.17, 15) is 9.90 Å². The number of nitrogens with two attached hydrogens (primary N) is 1. The molecule has 1 fully saturated rings. The lowest BCUT2D eigenvalue weighted by molar-refractivity contribution is -0.0432. The first-order chi connectivity index (χ1) is 10.5. The van der Waals surface area contributed by atoms with E-state index in [0.717, 1.165) is 0 Å². The van der Waals surface area contributed by atoms with Crippen LogP contribution in [0.5, 0.6) is 0 Å². The largest absolute Gasteiger partial charge is 0.414 e. The summed E-state index contributed by atoms with van der Waals surface area (Å²) < 4.78 is 13.3. The van der Waals surface area contributed by atoms with Crippen molar-refractivity contribution in [3.8, 4) is 0 Å². The Morgan fingerprint density at radius 3 is 2.74 bits per heavy atom. The van der Waals surface area contributed by atoms with Gasteiger partial charge in [-0.2, -0.15) is 4.98 Å². The van der Waals surface area contributed by atoms with Crippen molar-refractivity contribution in [3.63, 3.8) is 0 Å². The Bertz CT molecular complexity index is 611. The summed E-state index contributed by atoms with van der Waals surface area (Å²) in [5, 5.41) is 10.3. The minimum Gasteiger partial charge on any atom is -0.414 e. The monoisotopic (exact) mass is 341 g/mol. The van der Waals surface area contributed by atoms with Gasteiger partial charge in [0.25, 0.3) is 0 Å². The van der Waals surface area contributed by atoms with Crippen LogP contribution in [0, 0.1) is 0 Å². The Balaban J connectivity index is 2.03. The molecule has 3 unspecified atom stereocenters. The highest BCUT2D eigenvalue weighted by Crippen LogP contribution is 2.37. The van der Waals surface area contributed by atoms with Crippen molar-refractivity contribution in [2.24, 2.45) is 0 Å². The van der Waals surface area contributed by atoms with Gasteiger partial charge in [0, 0.05) is 12.6 Å². The first kappa shape index (κ1) is 18.1. The van der Waals surface area contributed by atoms with E-state index in [1.165, 1.54) is 10.6 Å². The topological polar surface area (TPSA) is 99.6 Å². The van der Waals surface area contributed by atoms with E-state index in [0.29, 0.717) is 13.0 Å². The van der Waals surface area contributed by atoms with Crippen molar-refractivity contribution in [1.29, 1.82) is 0 Å². The zero-order valence-corrected chi connectivity index (χ0v) is 15.4. The van der Waals surface area contributed by atoms with Crippen molar-refractivity contribution >= 4 is 14.1 Å². The highest BCUT2D eigenvalue weighted by atomic mass is 28.4. The molecule has 130 valence electrons. The molecule has 1 aliphatic heterocycles. The fourth-order valence-electron chi connectivity index (χ4n) is 2.19. The predicted octanol–water partition coefficient (Wildman–Crippen LogP) is 1.50. The summed E-state index contributed by atoms with van der Waals surface area (Å²) >= 11 is 0. The van der Waals surface area contributed by atoms with E-state index in [2.05, 4.69) is 38.8 Å². The summed E-state index contributed by atoms with van der Waals surface area (Å²) in [4.78, 5) is 15.6. The lowest BCUT2D eigenvalue weighted by atomic mass is 10.2. The first-order valence-electron chi connectivity index (χ1n) is 7.83. The highest BCUT2D eigenvalue weighted by molar-refractivity contribution is 6.74. The predicted molar refractivity (Wildman–Crippen MR) is 90.6 cm³/mol. The van der Waals surface area contributed by atoms with Gasteiger partial charge in [-0.05, 0) is 24.2 Å². The third-order valence-corrected chi connectivity index (χ3v) is 9.28.